The molecular formula is C15H17ClN4O. The standard InChI is InChI=1S/C15H17ClN4O/c1-10(21)19-12-4-6-20(7-5-12)15-13-3-2-11(16)8-14(13)17-9-18-15/h2-3,8-9,12H,4-7H2,1H3,(H,19,21). The van der Waals surface area contributed by atoms with Gasteiger partial charge in [-0.15, -0.1) is 0 Å². The molecule has 0 aliphatic carbocycles. The van der Waals surface area contributed by atoms with Crippen molar-refractivity contribution < 1.29 is 4.79 Å². The van der Waals surface area contributed by atoms with Crippen molar-refractivity contribution in [2.45, 2.75) is 25.8 Å². The number of nitrogens with one attached hydrogen (secondary N) is 1. The van der Waals surface area contributed by atoms with Crippen molar-refractivity contribution in [1.29, 1.82) is 0 Å². The van der Waals surface area contributed by atoms with E-state index in [0.717, 1.165) is 42.7 Å². The minimum atomic E-state index is 0.0376. The normalized spacial score (nSPS) is 16.2. The zero-order valence-electron chi connectivity index (χ0n) is 11.8. The summed E-state index contributed by atoms with van der Waals surface area (Å²) in [6.07, 6.45) is 3.44. The molecule has 1 aromatic carbocycles. The minimum absolute atomic E-state index is 0.0376. The van der Waals surface area contributed by atoms with Crippen LogP contribution in [0.25, 0.3) is 10.9 Å². The Hall–Kier alpha value is -1.88. The van der Waals surface area contributed by atoms with Gasteiger partial charge in [-0.3, -0.25) is 4.79 Å². The van der Waals surface area contributed by atoms with Crippen molar-refractivity contribution >= 4 is 34.2 Å². The van der Waals surface area contributed by atoms with E-state index in [1.807, 2.05) is 18.2 Å². The Morgan fingerprint density at radius 2 is 2.10 bits per heavy atom. The van der Waals surface area contributed by atoms with Crippen LogP contribution in [-0.4, -0.2) is 35.0 Å². The van der Waals surface area contributed by atoms with E-state index < -0.39 is 0 Å². The second-order valence-electron chi connectivity index (χ2n) is 5.32. The predicted molar refractivity (Wildman–Crippen MR) is 83.6 cm³/mol. The fourth-order valence-electron chi connectivity index (χ4n) is 2.79. The molecule has 1 fully saturated rings. The summed E-state index contributed by atoms with van der Waals surface area (Å²) in [5.74, 6) is 0.980. The Bertz CT molecular complexity index is 668. The van der Waals surface area contributed by atoms with Gasteiger partial charge in [0.15, 0.2) is 0 Å². The molecule has 1 amide bonds. The molecular weight excluding hydrogens is 288 g/mol. The van der Waals surface area contributed by atoms with Crippen LogP contribution in [0.15, 0.2) is 24.5 Å². The van der Waals surface area contributed by atoms with Crippen molar-refractivity contribution in [3.05, 3.63) is 29.5 Å². The number of fused-ring (bicyclic) bond motifs is 1. The van der Waals surface area contributed by atoms with Gasteiger partial charge in [0.25, 0.3) is 0 Å². The molecule has 1 aliphatic rings. The molecule has 110 valence electrons. The number of amides is 1. The van der Waals surface area contributed by atoms with E-state index in [4.69, 9.17) is 11.6 Å². The lowest BCUT2D eigenvalue weighted by Gasteiger charge is -2.33. The SMILES string of the molecule is CC(=O)NC1CCN(c2ncnc3cc(Cl)ccc23)CC1. The smallest absolute Gasteiger partial charge is 0.217 e. The van der Waals surface area contributed by atoms with Gasteiger partial charge in [-0.25, -0.2) is 9.97 Å². The molecule has 0 spiro atoms. The van der Waals surface area contributed by atoms with Gasteiger partial charge >= 0.3 is 0 Å². The molecule has 0 bridgehead atoms. The lowest BCUT2D eigenvalue weighted by atomic mass is 10.0. The van der Waals surface area contributed by atoms with E-state index in [1.54, 1.807) is 13.3 Å². The molecule has 6 heteroatoms. The highest BCUT2D eigenvalue weighted by molar-refractivity contribution is 6.31. The summed E-state index contributed by atoms with van der Waals surface area (Å²) in [5.41, 5.74) is 0.858. The average Bonchev–Trinajstić information content (AvgIpc) is 2.46. The van der Waals surface area contributed by atoms with Gasteiger partial charge in [0.2, 0.25) is 5.91 Å². The summed E-state index contributed by atoms with van der Waals surface area (Å²) in [6, 6.07) is 5.95. The number of halogens is 1. The summed E-state index contributed by atoms with van der Waals surface area (Å²) in [5, 5.41) is 4.67. The maximum Gasteiger partial charge on any atom is 0.217 e. The first kappa shape index (κ1) is 14.1. The first-order chi connectivity index (χ1) is 10.1. The topological polar surface area (TPSA) is 58.1 Å². The quantitative estimate of drug-likeness (QED) is 0.925. The second-order valence-corrected chi connectivity index (χ2v) is 5.76. The number of carbonyl (C=O) groups is 1. The third kappa shape index (κ3) is 3.08. The Labute approximate surface area is 128 Å². The summed E-state index contributed by atoms with van der Waals surface area (Å²) in [7, 11) is 0. The average molecular weight is 305 g/mol. The first-order valence-electron chi connectivity index (χ1n) is 7.06. The Morgan fingerprint density at radius 3 is 2.81 bits per heavy atom. The lowest BCUT2D eigenvalue weighted by molar-refractivity contribution is -0.119. The molecule has 1 saturated heterocycles. The van der Waals surface area contributed by atoms with Crippen LogP contribution in [0.5, 0.6) is 0 Å². The highest BCUT2D eigenvalue weighted by Gasteiger charge is 2.22. The first-order valence-corrected chi connectivity index (χ1v) is 7.43. The van der Waals surface area contributed by atoms with E-state index in [9.17, 15) is 4.79 Å². The van der Waals surface area contributed by atoms with Crippen LogP contribution in [-0.2, 0) is 4.79 Å². The number of carbonyl (C=O) groups excluding carboxylic acids is 1. The van der Waals surface area contributed by atoms with Gasteiger partial charge in [-0.1, -0.05) is 11.6 Å². The third-order valence-electron chi connectivity index (χ3n) is 3.78. The molecule has 5 nitrogen and oxygen atoms in total. The summed E-state index contributed by atoms with van der Waals surface area (Å²) in [4.78, 5) is 22.1. The largest absolute Gasteiger partial charge is 0.356 e. The van der Waals surface area contributed by atoms with Crippen LogP contribution in [0.3, 0.4) is 0 Å². The Morgan fingerprint density at radius 1 is 1.33 bits per heavy atom. The van der Waals surface area contributed by atoms with Crippen molar-refractivity contribution in [3.8, 4) is 0 Å². The Balaban J connectivity index is 1.81. The second kappa shape index (κ2) is 5.85. The number of hydrogen-bond acceptors (Lipinski definition) is 4. The summed E-state index contributed by atoms with van der Waals surface area (Å²) < 4.78 is 0. The summed E-state index contributed by atoms with van der Waals surface area (Å²) in [6.45, 7) is 3.31. The van der Waals surface area contributed by atoms with E-state index in [1.165, 1.54) is 0 Å². The highest BCUT2D eigenvalue weighted by Crippen LogP contribution is 2.27. The number of benzene rings is 1. The zero-order valence-corrected chi connectivity index (χ0v) is 12.6. The van der Waals surface area contributed by atoms with Crippen LogP contribution >= 0.6 is 11.6 Å². The number of piperidine rings is 1. The third-order valence-corrected chi connectivity index (χ3v) is 4.01. The van der Waals surface area contributed by atoms with Gasteiger partial charge in [-0.2, -0.15) is 0 Å². The molecule has 1 N–H and O–H groups in total. The molecule has 1 aromatic heterocycles. The van der Waals surface area contributed by atoms with Gasteiger partial charge in [0.1, 0.15) is 12.1 Å². The monoisotopic (exact) mass is 304 g/mol. The maximum absolute atomic E-state index is 11.1. The van der Waals surface area contributed by atoms with E-state index in [2.05, 4.69) is 20.2 Å². The zero-order chi connectivity index (χ0) is 14.8. The predicted octanol–water partition coefficient (Wildman–Crippen LogP) is 2.39. The molecule has 0 radical (unpaired) electrons. The van der Waals surface area contributed by atoms with Crippen molar-refractivity contribution in [2.24, 2.45) is 0 Å². The fraction of sp³-hybridized carbons (Fsp3) is 0.400. The van der Waals surface area contributed by atoms with Crippen molar-refractivity contribution in [2.75, 3.05) is 18.0 Å². The number of anilines is 1. The van der Waals surface area contributed by atoms with E-state index >= 15 is 0 Å². The van der Waals surface area contributed by atoms with Crippen molar-refractivity contribution in [1.82, 2.24) is 15.3 Å². The molecule has 0 saturated carbocycles. The minimum Gasteiger partial charge on any atom is -0.356 e. The van der Waals surface area contributed by atoms with Gasteiger partial charge < -0.3 is 10.2 Å². The number of aromatic nitrogens is 2. The molecule has 0 unspecified atom stereocenters. The number of rotatable bonds is 2. The molecule has 2 heterocycles. The molecule has 1 aliphatic heterocycles. The van der Waals surface area contributed by atoms with E-state index in [-0.39, 0.29) is 11.9 Å². The van der Waals surface area contributed by atoms with Crippen molar-refractivity contribution in [3.63, 3.8) is 0 Å². The van der Waals surface area contributed by atoms with Crippen LogP contribution < -0.4 is 10.2 Å². The molecule has 3 rings (SSSR count). The van der Waals surface area contributed by atoms with Crippen LogP contribution in [0, 0.1) is 0 Å². The van der Waals surface area contributed by atoms with Crippen LogP contribution in [0.2, 0.25) is 5.02 Å². The van der Waals surface area contributed by atoms with Gasteiger partial charge in [-0.05, 0) is 31.0 Å². The fourth-order valence-corrected chi connectivity index (χ4v) is 2.96. The number of nitrogens with zero attached hydrogens (tertiary/aromatic N) is 3. The number of hydrogen-bond donors (Lipinski definition) is 1. The Kier molecular flexibility index (Phi) is 3.92. The van der Waals surface area contributed by atoms with Gasteiger partial charge in [0.05, 0.1) is 5.52 Å². The highest BCUT2D eigenvalue weighted by atomic mass is 35.5. The van der Waals surface area contributed by atoms with Crippen LogP contribution in [0.4, 0.5) is 5.82 Å². The van der Waals surface area contributed by atoms with Gasteiger partial charge in [0, 0.05) is 36.5 Å². The summed E-state index contributed by atoms with van der Waals surface area (Å²) >= 11 is 6.01. The molecule has 0 atom stereocenters. The van der Waals surface area contributed by atoms with Crippen LogP contribution in [0.1, 0.15) is 19.8 Å². The maximum atomic E-state index is 11.1. The molecule has 21 heavy (non-hydrogen) atoms. The molecule has 2 aromatic rings. The lowest BCUT2D eigenvalue weighted by Crippen LogP contribution is -2.44. The van der Waals surface area contributed by atoms with E-state index in [0.29, 0.717) is 5.02 Å².